The first kappa shape index (κ1) is 10.8. The van der Waals surface area contributed by atoms with Crippen LogP contribution in [0.1, 0.15) is 25.3 Å². The molecule has 1 saturated heterocycles. The largest absolute Gasteiger partial charge is 0.307 e. The van der Waals surface area contributed by atoms with E-state index in [1.807, 2.05) is 6.92 Å². The molecule has 1 aromatic carbocycles. The van der Waals surface area contributed by atoms with E-state index in [2.05, 4.69) is 5.32 Å². The summed E-state index contributed by atoms with van der Waals surface area (Å²) < 4.78 is 27.3. The van der Waals surface area contributed by atoms with Gasteiger partial charge in [0.1, 0.15) is 11.6 Å². The molecule has 0 amide bonds. The highest BCUT2D eigenvalue weighted by molar-refractivity contribution is 6.30. The molecule has 1 nitrogen and oxygen atoms in total. The Labute approximate surface area is 92.4 Å². The lowest BCUT2D eigenvalue weighted by atomic mass is 9.89. The van der Waals surface area contributed by atoms with Gasteiger partial charge in [0.15, 0.2) is 0 Å². The molecule has 0 aliphatic carbocycles. The van der Waals surface area contributed by atoms with Crippen molar-refractivity contribution < 1.29 is 8.78 Å². The van der Waals surface area contributed by atoms with Crippen LogP contribution in [0.4, 0.5) is 8.78 Å². The molecule has 0 bridgehead atoms. The second-order valence-corrected chi connectivity index (χ2v) is 4.54. The van der Waals surface area contributed by atoms with Crippen molar-refractivity contribution in [1.29, 1.82) is 0 Å². The minimum absolute atomic E-state index is 0.0929. The zero-order valence-corrected chi connectivity index (χ0v) is 9.17. The summed E-state index contributed by atoms with van der Waals surface area (Å²) in [6.45, 7) is 2.60. The van der Waals surface area contributed by atoms with Crippen molar-refractivity contribution in [2.45, 2.75) is 25.3 Å². The molecule has 0 saturated carbocycles. The van der Waals surface area contributed by atoms with Gasteiger partial charge in [-0.15, -0.1) is 0 Å². The van der Waals surface area contributed by atoms with E-state index >= 15 is 0 Å². The summed E-state index contributed by atoms with van der Waals surface area (Å²) in [5, 5.41) is 3.22. The van der Waals surface area contributed by atoms with E-state index in [-0.39, 0.29) is 10.6 Å². The molecule has 82 valence electrons. The first-order valence-electron chi connectivity index (χ1n) is 4.93. The minimum Gasteiger partial charge on any atom is -0.307 e. The Hall–Kier alpha value is -0.670. The summed E-state index contributed by atoms with van der Waals surface area (Å²) in [6.07, 6.45) is 1.67. The van der Waals surface area contributed by atoms with Crippen molar-refractivity contribution in [2.75, 3.05) is 6.54 Å². The minimum atomic E-state index is -0.598. The number of halogens is 3. The quantitative estimate of drug-likeness (QED) is 0.783. The summed E-state index contributed by atoms with van der Waals surface area (Å²) in [5.41, 5.74) is -0.497. The molecule has 1 atom stereocenters. The average Bonchev–Trinajstić information content (AvgIpc) is 2.50. The van der Waals surface area contributed by atoms with Gasteiger partial charge in [-0.25, -0.2) is 8.78 Å². The second kappa shape index (κ2) is 3.72. The van der Waals surface area contributed by atoms with E-state index < -0.39 is 17.2 Å². The molecular weight excluding hydrogens is 220 g/mol. The van der Waals surface area contributed by atoms with Crippen LogP contribution >= 0.6 is 11.6 Å². The Morgan fingerprint density at radius 3 is 2.40 bits per heavy atom. The smallest absolute Gasteiger partial charge is 0.132 e. The van der Waals surface area contributed by atoms with E-state index in [4.69, 9.17) is 11.6 Å². The van der Waals surface area contributed by atoms with Gasteiger partial charge >= 0.3 is 0 Å². The zero-order valence-electron chi connectivity index (χ0n) is 8.41. The molecule has 1 N–H and O–H groups in total. The number of hydrogen-bond acceptors (Lipinski definition) is 1. The third-order valence-corrected chi connectivity index (χ3v) is 3.15. The Bertz CT molecular complexity index is 363. The van der Waals surface area contributed by atoms with Crippen LogP contribution in [-0.2, 0) is 5.54 Å². The predicted molar refractivity (Wildman–Crippen MR) is 56.0 cm³/mol. The van der Waals surface area contributed by atoms with Gasteiger partial charge in [0.05, 0.1) is 0 Å². The highest BCUT2D eigenvalue weighted by Crippen LogP contribution is 2.34. The fourth-order valence-electron chi connectivity index (χ4n) is 2.18. The first-order chi connectivity index (χ1) is 7.03. The predicted octanol–water partition coefficient (Wildman–Crippen LogP) is 3.22. The summed E-state index contributed by atoms with van der Waals surface area (Å²) in [5.74, 6) is -1.14. The summed E-state index contributed by atoms with van der Waals surface area (Å²) in [6, 6.07) is 2.32. The van der Waals surface area contributed by atoms with E-state index in [1.54, 1.807) is 0 Å². The molecule has 0 aromatic heterocycles. The maximum atomic E-state index is 13.6. The lowest BCUT2D eigenvalue weighted by Crippen LogP contribution is -2.35. The van der Waals surface area contributed by atoms with Gasteiger partial charge < -0.3 is 5.32 Å². The van der Waals surface area contributed by atoms with E-state index in [9.17, 15) is 8.78 Å². The fourth-order valence-corrected chi connectivity index (χ4v) is 2.37. The molecule has 1 aromatic rings. The second-order valence-electron chi connectivity index (χ2n) is 4.11. The Kier molecular flexibility index (Phi) is 2.69. The SMILES string of the molecule is CC1(c2c(F)cc(Cl)cc2F)CCCN1. The van der Waals surface area contributed by atoms with E-state index in [0.29, 0.717) is 0 Å². The molecule has 0 radical (unpaired) electrons. The normalized spacial score (nSPS) is 25.9. The molecule has 1 aliphatic rings. The van der Waals surface area contributed by atoms with Crippen LogP contribution in [0.2, 0.25) is 5.02 Å². The maximum Gasteiger partial charge on any atom is 0.132 e. The Morgan fingerprint density at radius 2 is 1.93 bits per heavy atom. The molecule has 1 unspecified atom stereocenters. The van der Waals surface area contributed by atoms with Crippen LogP contribution in [0.15, 0.2) is 12.1 Å². The number of hydrogen-bond donors (Lipinski definition) is 1. The number of nitrogens with one attached hydrogen (secondary N) is 1. The molecule has 2 rings (SSSR count). The number of benzene rings is 1. The summed E-state index contributed by atoms with van der Waals surface area (Å²) in [7, 11) is 0. The average molecular weight is 232 g/mol. The standard InChI is InChI=1S/C11H12ClF2N/c1-11(3-2-4-15-11)10-8(13)5-7(12)6-9(10)14/h5-6,15H,2-4H2,1H3. The van der Waals surface area contributed by atoms with Crippen LogP contribution in [-0.4, -0.2) is 6.54 Å². The van der Waals surface area contributed by atoms with Crippen molar-refractivity contribution in [3.63, 3.8) is 0 Å². The molecule has 1 aliphatic heterocycles. The van der Waals surface area contributed by atoms with Crippen LogP contribution in [0, 0.1) is 11.6 Å². The third-order valence-electron chi connectivity index (χ3n) is 2.93. The lowest BCUT2D eigenvalue weighted by molar-refractivity contribution is 0.386. The van der Waals surface area contributed by atoms with Crippen LogP contribution in [0.5, 0.6) is 0 Å². The highest BCUT2D eigenvalue weighted by Gasteiger charge is 2.35. The van der Waals surface area contributed by atoms with Gasteiger partial charge in [0.25, 0.3) is 0 Å². The zero-order chi connectivity index (χ0) is 11.1. The maximum absolute atomic E-state index is 13.6. The van der Waals surface area contributed by atoms with E-state index in [0.717, 1.165) is 31.5 Å². The highest BCUT2D eigenvalue weighted by atomic mass is 35.5. The fraction of sp³-hybridized carbons (Fsp3) is 0.455. The Morgan fingerprint density at radius 1 is 1.33 bits per heavy atom. The van der Waals surface area contributed by atoms with Crippen molar-refractivity contribution >= 4 is 11.6 Å². The van der Waals surface area contributed by atoms with Gasteiger partial charge in [-0.05, 0) is 38.4 Å². The Balaban J connectivity index is 2.52. The van der Waals surface area contributed by atoms with Crippen LogP contribution in [0.3, 0.4) is 0 Å². The molecule has 1 fully saturated rings. The summed E-state index contributed by atoms with van der Waals surface area (Å²) in [4.78, 5) is 0. The van der Waals surface area contributed by atoms with Crippen molar-refractivity contribution in [3.8, 4) is 0 Å². The van der Waals surface area contributed by atoms with Crippen LogP contribution < -0.4 is 5.32 Å². The first-order valence-corrected chi connectivity index (χ1v) is 5.31. The van der Waals surface area contributed by atoms with E-state index in [1.165, 1.54) is 0 Å². The van der Waals surface area contributed by atoms with Crippen molar-refractivity contribution in [2.24, 2.45) is 0 Å². The van der Waals surface area contributed by atoms with Gasteiger partial charge in [-0.3, -0.25) is 0 Å². The molecule has 0 spiro atoms. The van der Waals surface area contributed by atoms with Gasteiger partial charge in [-0.2, -0.15) is 0 Å². The molecule has 1 heterocycles. The summed E-state index contributed by atoms with van der Waals surface area (Å²) >= 11 is 5.57. The lowest BCUT2D eigenvalue weighted by Gasteiger charge is -2.26. The molecular formula is C11H12ClF2N. The van der Waals surface area contributed by atoms with Crippen molar-refractivity contribution in [3.05, 3.63) is 34.4 Å². The van der Waals surface area contributed by atoms with Gasteiger partial charge in [0.2, 0.25) is 0 Å². The van der Waals surface area contributed by atoms with Crippen molar-refractivity contribution in [1.82, 2.24) is 5.32 Å². The molecule has 4 heteroatoms. The third kappa shape index (κ3) is 1.86. The molecule has 15 heavy (non-hydrogen) atoms. The van der Waals surface area contributed by atoms with Gasteiger partial charge in [0, 0.05) is 16.1 Å². The number of rotatable bonds is 1. The van der Waals surface area contributed by atoms with Crippen LogP contribution in [0.25, 0.3) is 0 Å². The monoisotopic (exact) mass is 231 g/mol. The topological polar surface area (TPSA) is 12.0 Å². The van der Waals surface area contributed by atoms with Gasteiger partial charge in [-0.1, -0.05) is 11.6 Å².